The summed E-state index contributed by atoms with van der Waals surface area (Å²) in [5.41, 5.74) is 0.503. The number of nitrogens with zero attached hydrogens (tertiary/aromatic N) is 3. The number of carbonyl (C=O) groups excluding carboxylic acids is 2. The van der Waals surface area contributed by atoms with Crippen LogP contribution < -0.4 is 5.32 Å². The van der Waals surface area contributed by atoms with Crippen LogP contribution in [0, 0.1) is 34.0 Å². The second-order valence-electron chi connectivity index (χ2n) is 6.26. The zero-order chi connectivity index (χ0) is 18.6. The Morgan fingerprint density at radius 3 is 2.76 bits per heavy atom. The van der Waals surface area contributed by atoms with Gasteiger partial charge in [-0.25, -0.2) is 0 Å². The maximum absolute atomic E-state index is 12.3. The predicted molar refractivity (Wildman–Crippen MR) is 96.9 cm³/mol. The lowest BCUT2D eigenvalue weighted by atomic mass is 9.72. The van der Waals surface area contributed by atoms with E-state index in [1.807, 2.05) is 22.9 Å². The summed E-state index contributed by atoms with van der Waals surface area (Å²) >= 11 is 2.70. The van der Waals surface area contributed by atoms with E-state index in [9.17, 15) is 20.1 Å². The van der Waals surface area contributed by atoms with E-state index in [1.165, 1.54) is 0 Å². The summed E-state index contributed by atoms with van der Waals surface area (Å²) in [5.74, 6) is -1.36. The Morgan fingerprint density at radius 2 is 2.20 bits per heavy atom. The van der Waals surface area contributed by atoms with Crippen molar-refractivity contribution in [1.29, 1.82) is 10.5 Å². The van der Waals surface area contributed by atoms with Gasteiger partial charge in [0.25, 0.3) is 0 Å². The molecule has 0 unspecified atom stereocenters. The lowest BCUT2D eigenvalue weighted by Crippen LogP contribution is -2.44. The number of thiophene rings is 1. The van der Waals surface area contributed by atoms with Gasteiger partial charge in [0.2, 0.25) is 11.8 Å². The van der Waals surface area contributed by atoms with Gasteiger partial charge in [-0.15, -0.1) is 0 Å². The normalized spacial score (nSPS) is 18.9. The lowest BCUT2D eigenvalue weighted by molar-refractivity contribution is -0.128. The quantitative estimate of drug-likeness (QED) is 0.854. The fourth-order valence-electron chi connectivity index (χ4n) is 2.52. The Kier molecular flexibility index (Phi) is 5.89. The van der Waals surface area contributed by atoms with Crippen molar-refractivity contribution in [2.24, 2.45) is 11.3 Å². The van der Waals surface area contributed by atoms with Gasteiger partial charge in [0, 0.05) is 19.0 Å². The molecular formula is C17H18N4O2S2. The summed E-state index contributed by atoms with van der Waals surface area (Å²) in [5, 5.41) is 25.6. The lowest BCUT2D eigenvalue weighted by Gasteiger charge is -2.34. The summed E-state index contributed by atoms with van der Waals surface area (Å²) in [6.45, 7) is 3.91. The molecule has 0 fully saturated rings. The first kappa shape index (κ1) is 19.0. The first-order chi connectivity index (χ1) is 11.8. The fraction of sp³-hybridized carbons (Fsp3) is 0.412. The molecule has 1 aromatic rings. The second-order valence-corrected chi connectivity index (χ2v) is 8.02. The van der Waals surface area contributed by atoms with Crippen LogP contribution in [-0.4, -0.2) is 29.5 Å². The minimum absolute atomic E-state index is 0.101. The van der Waals surface area contributed by atoms with Crippen molar-refractivity contribution in [3.05, 3.63) is 33.0 Å². The Hall–Kier alpha value is -2.29. The molecule has 0 saturated carbocycles. The number of hydrogen-bond donors (Lipinski definition) is 1. The summed E-state index contributed by atoms with van der Waals surface area (Å²) in [6.07, 6.45) is 0. The number of hydrogen-bond acceptors (Lipinski definition) is 6. The first-order valence-corrected chi connectivity index (χ1v) is 9.47. The van der Waals surface area contributed by atoms with Gasteiger partial charge in [-0.1, -0.05) is 25.6 Å². The summed E-state index contributed by atoms with van der Waals surface area (Å²) in [4.78, 5) is 26.0. The molecule has 0 spiro atoms. The van der Waals surface area contributed by atoms with E-state index in [0.29, 0.717) is 17.1 Å². The number of rotatable bonds is 5. The van der Waals surface area contributed by atoms with Gasteiger partial charge in [-0.05, 0) is 22.4 Å². The second kappa shape index (κ2) is 7.73. The van der Waals surface area contributed by atoms with Crippen LogP contribution in [0.4, 0.5) is 0 Å². The number of amides is 2. The Balaban J connectivity index is 2.09. The van der Waals surface area contributed by atoms with E-state index < -0.39 is 17.2 Å². The standard InChI is InChI=1S/C17H18N4O2S2/c1-17(2)12(6-18)15(23)20-16(13(17)7-19)25-10-14(22)21(3)8-11-4-5-24-9-11/h4-5,9,12H,8,10H2,1-3H3,(H,20,23)/t12-/m1/s1. The van der Waals surface area contributed by atoms with Crippen LogP contribution in [-0.2, 0) is 16.1 Å². The summed E-state index contributed by atoms with van der Waals surface area (Å²) < 4.78 is 0. The molecule has 2 heterocycles. The average Bonchev–Trinajstić information content (AvgIpc) is 3.04. The maximum Gasteiger partial charge on any atom is 0.243 e. The third-order valence-electron chi connectivity index (χ3n) is 4.10. The van der Waals surface area contributed by atoms with Crippen molar-refractivity contribution in [2.75, 3.05) is 12.8 Å². The van der Waals surface area contributed by atoms with Crippen molar-refractivity contribution in [2.45, 2.75) is 20.4 Å². The molecule has 1 N–H and O–H groups in total. The van der Waals surface area contributed by atoms with Crippen LogP contribution in [0.15, 0.2) is 27.4 Å². The van der Waals surface area contributed by atoms with E-state index in [0.717, 1.165) is 17.3 Å². The van der Waals surface area contributed by atoms with Gasteiger partial charge in [0.1, 0.15) is 5.92 Å². The SMILES string of the molecule is CN(Cc1ccsc1)C(=O)CSC1=C(C#N)C(C)(C)[C@H](C#N)C(=O)N1. The van der Waals surface area contributed by atoms with Crippen molar-refractivity contribution < 1.29 is 9.59 Å². The smallest absolute Gasteiger partial charge is 0.243 e. The van der Waals surface area contributed by atoms with E-state index in [1.54, 1.807) is 37.1 Å². The molecule has 0 bridgehead atoms. The third kappa shape index (κ3) is 4.04. The van der Waals surface area contributed by atoms with Gasteiger partial charge in [-0.3, -0.25) is 9.59 Å². The molecule has 2 rings (SSSR count). The van der Waals surface area contributed by atoms with Crippen molar-refractivity contribution in [3.63, 3.8) is 0 Å². The Labute approximate surface area is 155 Å². The van der Waals surface area contributed by atoms with Gasteiger partial charge >= 0.3 is 0 Å². The average molecular weight is 374 g/mol. The van der Waals surface area contributed by atoms with E-state index in [-0.39, 0.29) is 11.7 Å². The molecule has 8 heteroatoms. The molecule has 1 atom stereocenters. The topological polar surface area (TPSA) is 97.0 Å². The first-order valence-electron chi connectivity index (χ1n) is 7.54. The molecule has 1 aliphatic heterocycles. The largest absolute Gasteiger partial charge is 0.341 e. The summed E-state index contributed by atoms with van der Waals surface area (Å²) in [6, 6.07) is 6.01. The number of nitriles is 2. The number of thioether (sulfide) groups is 1. The minimum Gasteiger partial charge on any atom is -0.341 e. The highest BCUT2D eigenvalue weighted by Gasteiger charge is 2.44. The summed E-state index contributed by atoms with van der Waals surface area (Å²) in [7, 11) is 1.72. The molecular weight excluding hydrogens is 356 g/mol. The highest BCUT2D eigenvalue weighted by Crippen LogP contribution is 2.41. The molecule has 0 aliphatic carbocycles. The van der Waals surface area contributed by atoms with Crippen molar-refractivity contribution in [3.8, 4) is 12.1 Å². The minimum atomic E-state index is -0.927. The number of allylic oxidation sites excluding steroid dienone is 1. The third-order valence-corrected chi connectivity index (χ3v) is 5.82. The van der Waals surface area contributed by atoms with Crippen LogP contribution in [0.1, 0.15) is 19.4 Å². The van der Waals surface area contributed by atoms with Crippen LogP contribution in [0.2, 0.25) is 0 Å². The zero-order valence-electron chi connectivity index (χ0n) is 14.2. The van der Waals surface area contributed by atoms with Crippen molar-refractivity contribution in [1.82, 2.24) is 10.2 Å². The van der Waals surface area contributed by atoms with E-state index in [2.05, 4.69) is 11.4 Å². The monoisotopic (exact) mass is 374 g/mol. The predicted octanol–water partition coefficient (Wildman–Crippen LogP) is 2.47. The molecule has 0 aromatic carbocycles. The van der Waals surface area contributed by atoms with Crippen LogP contribution in [0.3, 0.4) is 0 Å². The molecule has 0 saturated heterocycles. The molecule has 25 heavy (non-hydrogen) atoms. The highest BCUT2D eigenvalue weighted by molar-refractivity contribution is 8.03. The molecule has 1 aliphatic rings. The zero-order valence-corrected chi connectivity index (χ0v) is 15.8. The van der Waals surface area contributed by atoms with Gasteiger partial charge in [0.05, 0.1) is 28.5 Å². The number of carbonyl (C=O) groups is 2. The molecule has 130 valence electrons. The van der Waals surface area contributed by atoms with Crippen LogP contribution in [0.25, 0.3) is 0 Å². The van der Waals surface area contributed by atoms with Gasteiger partial charge in [0.15, 0.2) is 0 Å². The fourth-order valence-corrected chi connectivity index (χ4v) is 4.30. The van der Waals surface area contributed by atoms with Gasteiger partial charge in [-0.2, -0.15) is 21.9 Å². The maximum atomic E-state index is 12.3. The Morgan fingerprint density at radius 1 is 1.48 bits per heavy atom. The van der Waals surface area contributed by atoms with E-state index >= 15 is 0 Å². The molecule has 1 aromatic heterocycles. The van der Waals surface area contributed by atoms with E-state index in [4.69, 9.17) is 0 Å². The van der Waals surface area contributed by atoms with Crippen LogP contribution in [0.5, 0.6) is 0 Å². The Bertz CT molecular complexity index is 785. The highest BCUT2D eigenvalue weighted by atomic mass is 32.2. The van der Waals surface area contributed by atoms with Gasteiger partial charge < -0.3 is 10.2 Å². The van der Waals surface area contributed by atoms with Crippen LogP contribution >= 0.6 is 23.1 Å². The molecule has 6 nitrogen and oxygen atoms in total. The molecule has 0 radical (unpaired) electrons. The number of nitrogens with one attached hydrogen (secondary N) is 1. The van der Waals surface area contributed by atoms with Crippen molar-refractivity contribution >= 4 is 34.9 Å². The molecule has 2 amide bonds.